The number of aromatic nitrogens is 1. The molecule has 2 aliphatic rings. The van der Waals surface area contributed by atoms with Gasteiger partial charge in [-0.1, -0.05) is 50.2 Å². The number of carbonyl (C=O) groups excluding carboxylic acids is 4. The van der Waals surface area contributed by atoms with Gasteiger partial charge in [-0.15, -0.1) is 0 Å². The summed E-state index contributed by atoms with van der Waals surface area (Å²) in [6.07, 6.45) is -0.971. The van der Waals surface area contributed by atoms with Crippen LogP contribution in [-0.2, 0) is 23.7 Å². The highest BCUT2D eigenvalue weighted by Gasteiger charge is 2.48. The summed E-state index contributed by atoms with van der Waals surface area (Å²) in [5.74, 6) is -2.41. The van der Waals surface area contributed by atoms with Crippen LogP contribution in [0.25, 0.3) is 11.3 Å². The molecule has 2 bridgehead atoms. The fourth-order valence-corrected chi connectivity index (χ4v) is 6.08. The predicted molar refractivity (Wildman–Crippen MR) is 155 cm³/mol. The molecule has 2 amide bonds. The molecule has 0 spiro atoms. The zero-order valence-corrected chi connectivity index (χ0v) is 24.3. The van der Waals surface area contributed by atoms with E-state index in [-0.39, 0.29) is 11.6 Å². The number of hydrogen-bond donors (Lipinski definition) is 3. The smallest absolute Gasteiger partial charge is 0.497 e. The van der Waals surface area contributed by atoms with Crippen LogP contribution in [0.5, 0.6) is 0 Å². The maximum absolute atomic E-state index is 13.4. The van der Waals surface area contributed by atoms with Gasteiger partial charge in [0.15, 0.2) is 0 Å². The van der Waals surface area contributed by atoms with Crippen molar-refractivity contribution in [2.24, 2.45) is 5.92 Å². The second-order valence-corrected chi connectivity index (χ2v) is 11.8. The first-order chi connectivity index (χ1) is 19.5. The van der Waals surface area contributed by atoms with Gasteiger partial charge in [0.25, 0.3) is 5.91 Å². The van der Waals surface area contributed by atoms with Crippen molar-refractivity contribution in [1.29, 1.82) is 0 Å². The second kappa shape index (κ2) is 13.5. The van der Waals surface area contributed by atoms with Crippen molar-refractivity contribution in [3.63, 3.8) is 0 Å². The fourth-order valence-electron chi connectivity index (χ4n) is 4.76. The summed E-state index contributed by atoms with van der Waals surface area (Å²) in [5, 5.41) is 15.8. The lowest BCUT2D eigenvalue weighted by Gasteiger charge is -2.40. The maximum atomic E-state index is 13.4. The van der Waals surface area contributed by atoms with Crippen molar-refractivity contribution in [2.75, 3.05) is 18.6 Å². The highest BCUT2D eigenvalue weighted by atomic mass is 32.2. The van der Waals surface area contributed by atoms with Crippen LogP contribution >= 0.6 is 11.8 Å². The van der Waals surface area contributed by atoms with Crippen LogP contribution in [0.2, 0.25) is 0 Å². The molecular weight excluding hydrogens is 547 g/mol. The van der Waals surface area contributed by atoms with Gasteiger partial charge in [-0.2, -0.15) is 11.8 Å². The Morgan fingerprint density at radius 1 is 1.02 bits per heavy atom. The molecule has 2 aliphatic heterocycles. The quantitative estimate of drug-likeness (QED) is 0.370. The third kappa shape index (κ3) is 7.46. The second-order valence-electron chi connectivity index (χ2n) is 10.7. The number of amides is 2. The van der Waals surface area contributed by atoms with E-state index in [9.17, 15) is 24.3 Å². The van der Waals surface area contributed by atoms with Gasteiger partial charge in [-0.25, -0.2) is 4.98 Å². The topological polar surface area (TPSA) is 147 Å². The van der Waals surface area contributed by atoms with E-state index in [0.717, 1.165) is 5.56 Å². The number of benzene rings is 1. The van der Waals surface area contributed by atoms with Crippen LogP contribution in [0.4, 0.5) is 0 Å². The number of fused-ring (bicyclic) bond motifs is 2. The average molecular weight is 582 g/mol. The zero-order valence-electron chi connectivity index (χ0n) is 23.5. The summed E-state index contributed by atoms with van der Waals surface area (Å²) in [6, 6.07) is 11.7. The Kier molecular flexibility index (Phi) is 10.1. The lowest BCUT2D eigenvalue weighted by Crippen LogP contribution is -2.63. The molecule has 1 aromatic heterocycles. The van der Waals surface area contributed by atoms with Crippen LogP contribution in [0, 0.1) is 5.92 Å². The van der Waals surface area contributed by atoms with Gasteiger partial charge in [0, 0.05) is 17.1 Å². The number of rotatable bonds is 9. The number of aliphatic hydroxyl groups excluding tert-OH is 1. The van der Waals surface area contributed by atoms with E-state index in [2.05, 4.69) is 15.6 Å². The van der Waals surface area contributed by atoms with Gasteiger partial charge in [0.05, 0.1) is 17.7 Å². The molecule has 4 rings (SSSR count). The molecule has 3 N–H and O–H groups in total. The summed E-state index contributed by atoms with van der Waals surface area (Å²) in [6.45, 7) is 5.19. The number of carbonyl (C=O) groups is 4. The predicted octanol–water partition coefficient (Wildman–Crippen LogP) is 1.30. The molecule has 11 nitrogen and oxygen atoms in total. The number of nitrogens with one attached hydrogen (secondary N) is 2. The van der Waals surface area contributed by atoms with Crippen molar-refractivity contribution in [2.45, 2.75) is 57.4 Å². The monoisotopic (exact) mass is 582 g/mol. The number of likely N-dealkylation sites (N-methyl/N-ethyl adjacent to an activating group) is 1. The lowest BCUT2D eigenvalue weighted by molar-refractivity contribution is -0.153. The van der Waals surface area contributed by atoms with Gasteiger partial charge >= 0.3 is 19.1 Å². The summed E-state index contributed by atoms with van der Waals surface area (Å²) in [4.78, 5) is 58.6. The van der Waals surface area contributed by atoms with Crippen molar-refractivity contribution in [3.05, 3.63) is 54.2 Å². The van der Waals surface area contributed by atoms with Gasteiger partial charge in [-0.05, 0) is 38.4 Å². The van der Waals surface area contributed by atoms with E-state index >= 15 is 0 Å². The molecule has 0 aliphatic carbocycles. The van der Waals surface area contributed by atoms with Gasteiger partial charge in [-0.3, -0.25) is 24.1 Å². The van der Waals surface area contributed by atoms with E-state index in [1.54, 1.807) is 24.1 Å². The van der Waals surface area contributed by atoms with Crippen LogP contribution in [0.3, 0.4) is 0 Å². The lowest BCUT2D eigenvalue weighted by atomic mass is 9.73. The van der Waals surface area contributed by atoms with E-state index < -0.39 is 61.0 Å². The Morgan fingerprint density at radius 3 is 2.24 bits per heavy atom. The first-order valence-electron chi connectivity index (χ1n) is 13.6. The van der Waals surface area contributed by atoms with Gasteiger partial charge in [0.2, 0.25) is 5.91 Å². The molecule has 2 saturated heterocycles. The van der Waals surface area contributed by atoms with E-state index in [1.807, 2.05) is 44.2 Å². The zero-order chi connectivity index (χ0) is 29.7. The highest BCUT2D eigenvalue weighted by molar-refractivity contribution is 7.99. The highest BCUT2D eigenvalue weighted by Crippen LogP contribution is 2.26. The molecule has 1 aromatic carbocycles. The SMILES string of the molecule is CC(C)CC(NC(=O)C(NC(=O)c1cccc(-c2ccccc2)n1)C(C)O)B1OC(=O)[C@@H]2CSC[C@@H](C(=O)O1)N2C. The Morgan fingerprint density at radius 2 is 1.66 bits per heavy atom. The van der Waals surface area contributed by atoms with E-state index in [0.29, 0.717) is 23.6 Å². The molecule has 13 heteroatoms. The maximum Gasteiger partial charge on any atom is 0.622 e. The molecule has 41 heavy (non-hydrogen) atoms. The number of thioether (sulfide) groups is 1. The Hall–Kier alpha value is -3.42. The molecule has 2 fully saturated rings. The van der Waals surface area contributed by atoms with Gasteiger partial charge < -0.3 is 25.0 Å². The minimum atomic E-state index is -1.36. The molecule has 5 atom stereocenters. The van der Waals surface area contributed by atoms with Gasteiger partial charge in [0.1, 0.15) is 23.8 Å². The first kappa shape index (κ1) is 30.5. The van der Waals surface area contributed by atoms with Crippen LogP contribution in [0.15, 0.2) is 48.5 Å². The van der Waals surface area contributed by atoms with Crippen LogP contribution in [-0.4, -0.2) is 94.6 Å². The van der Waals surface area contributed by atoms with Crippen molar-refractivity contribution < 1.29 is 33.6 Å². The van der Waals surface area contributed by atoms with E-state index in [4.69, 9.17) is 9.31 Å². The summed E-state index contributed by atoms with van der Waals surface area (Å²) in [5.41, 5.74) is 1.47. The summed E-state index contributed by atoms with van der Waals surface area (Å²) >= 11 is 1.48. The van der Waals surface area contributed by atoms with Crippen LogP contribution < -0.4 is 10.6 Å². The third-order valence-electron chi connectivity index (χ3n) is 7.03. The van der Waals surface area contributed by atoms with E-state index in [1.165, 1.54) is 24.8 Å². The number of aliphatic hydroxyl groups is 1. The average Bonchev–Trinajstić information content (AvgIpc) is 2.94. The van der Waals surface area contributed by atoms with Crippen molar-refractivity contribution in [1.82, 2.24) is 20.5 Å². The standard InChI is InChI=1S/C28H35BN4O7S/c1-16(2)13-23(29-39-27(37)21-14-41-15-22(33(21)4)28(38)40-29)31-26(36)24(17(3)34)32-25(35)20-12-8-11-19(30-20)18-9-6-5-7-10-18/h5-12,16-17,21-24,34H,13-15H2,1-4H3,(H,31,36)(H,32,35)/t17?,21-,22-,23?,24?/m0/s1. The first-order valence-corrected chi connectivity index (χ1v) is 14.7. The number of pyridine rings is 1. The molecule has 0 radical (unpaired) electrons. The Labute approximate surface area is 243 Å². The molecule has 3 unspecified atom stereocenters. The molecule has 0 saturated carbocycles. The van der Waals surface area contributed by atoms with Crippen molar-refractivity contribution >= 4 is 42.6 Å². The molecule has 218 valence electrons. The molecule has 2 aromatic rings. The van der Waals surface area contributed by atoms with Crippen molar-refractivity contribution in [3.8, 4) is 11.3 Å². The molecular formula is C28H35BN4O7S. The summed E-state index contributed by atoms with van der Waals surface area (Å²) in [7, 11) is 0.323. The molecule has 3 heterocycles. The Balaban J connectivity index is 1.51. The fraction of sp³-hybridized carbons (Fsp3) is 0.464. The minimum absolute atomic E-state index is 0.0189. The number of hydrogen-bond acceptors (Lipinski definition) is 10. The largest absolute Gasteiger partial charge is 0.622 e. The Bertz CT molecular complexity index is 1240. The third-order valence-corrected chi connectivity index (χ3v) is 8.13. The minimum Gasteiger partial charge on any atom is -0.497 e. The normalized spacial score (nSPS) is 21.6. The summed E-state index contributed by atoms with van der Waals surface area (Å²) < 4.78 is 11.2. The number of nitrogens with zero attached hydrogens (tertiary/aromatic N) is 2. The van der Waals surface area contributed by atoms with Crippen LogP contribution in [0.1, 0.15) is 37.7 Å².